The van der Waals surface area contributed by atoms with Gasteiger partial charge in [-0.15, -0.1) is 0 Å². The molecule has 0 fully saturated rings. The molecular weight excluding hydrogens is 108 g/mol. The maximum absolute atomic E-state index is 8.49. The van der Waals surface area contributed by atoms with Gasteiger partial charge in [-0.25, -0.2) is 5.43 Å². The van der Waals surface area contributed by atoms with E-state index in [1.807, 2.05) is 0 Å². The maximum atomic E-state index is 8.49. The average molecular weight is 119 g/mol. The molecule has 49 valence electrons. The molecule has 1 unspecified atom stereocenters. The topological polar surface area (TPSA) is 66.6 Å². The third-order valence-electron chi connectivity index (χ3n) is 0.490. The zero-order valence-corrected chi connectivity index (χ0v) is 4.83. The normalized spacial score (nSPS) is 13.9. The minimum atomic E-state index is -0.624. The Balaban J connectivity index is 2.72. The van der Waals surface area contributed by atoms with Crippen LogP contribution in [-0.2, 0) is 0 Å². The number of rotatable bonds is 4. The van der Waals surface area contributed by atoms with Crippen molar-refractivity contribution in [1.82, 2.24) is 10.9 Å². The van der Waals surface area contributed by atoms with Gasteiger partial charge < -0.3 is 10.2 Å². The molecule has 4 heteroatoms. The van der Waals surface area contributed by atoms with E-state index in [2.05, 4.69) is 10.9 Å². The molecule has 3 N–H and O–H groups in total. The highest BCUT2D eigenvalue weighted by molar-refractivity contribution is 4.36. The standard InChI is InChI=1S/C4H11N2O2/c1-4(8)6-5-2-3-7/h4,6-8H,2-3H2,1H3. The Bertz CT molecular complexity index is 49.3. The van der Waals surface area contributed by atoms with Gasteiger partial charge in [0.1, 0.15) is 6.23 Å². The Labute approximate surface area is 48.5 Å². The molecule has 0 amide bonds. The first-order valence-corrected chi connectivity index (χ1v) is 2.48. The molecular formula is C4H11N2O2. The van der Waals surface area contributed by atoms with Crippen LogP contribution in [0.3, 0.4) is 0 Å². The van der Waals surface area contributed by atoms with E-state index in [-0.39, 0.29) is 6.61 Å². The van der Waals surface area contributed by atoms with Crippen LogP contribution in [0.25, 0.3) is 0 Å². The molecule has 0 bridgehead atoms. The van der Waals surface area contributed by atoms with E-state index in [4.69, 9.17) is 10.2 Å². The fourth-order valence-electron chi connectivity index (χ4n) is 0.247. The first kappa shape index (κ1) is 7.84. The molecule has 0 aromatic carbocycles. The molecule has 0 rings (SSSR count). The lowest BCUT2D eigenvalue weighted by molar-refractivity contribution is 0.130. The predicted molar refractivity (Wildman–Crippen MR) is 28.9 cm³/mol. The van der Waals surface area contributed by atoms with Gasteiger partial charge in [0, 0.05) is 0 Å². The number of hydrogen-bond donors (Lipinski definition) is 3. The zero-order valence-electron chi connectivity index (χ0n) is 4.83. The van der Waals surface area contributed by atoms with Gasteiger partial charge in [0.25, 0.3) is 0 Å². The van der Waals surface area contributed by atoms with Gasteiger partial charge in [-0.05, 0) is 6.92 Å². The van der Waals surface area contributed by atoms with E-state index in [1.165, 1.54) is 0 Å². The van der Waals surface area contributed by atoms with E-state index in [1.54, 1.807) is 6.92 Å². The van der Waals surface area contributed by atoms with Crippen LogP contribution in [0.2, 0.25) is 0 Å². The minimum Gasteiger partial charge on any atom is -0.395 e. The van der Waals surface area contributed by atoms with Gasteiger partial charge in [0.15, 0.2) is 0 Å². The highest BCUT2D eigenvalue weighted by Gasteiger charge is 1.89. The zero-order chi connectivity index (χ0) is 6.41. The Morgan fingerprint density at radius 2 is 2.38 bits per heavy atom. The largest absolute Gasteiger partial charge is 0.395 e. The first-order chi connectivity index (χ1) is 3.77. The van der Waals surface area contributed by atoms with Crippen LogP contribution in [0, 0.1) is 0 Å². The Morgan fingerprint density at radius 1 is 1.75 bits per heavy atom. The molecule has 0 aliphatic heterocycles. The lowest BCUT2D eigenvalue weighted by Gasteiger charge is -2.03. The highest BCUT2D eigenvalue weighted by atomic mass is 16.3. The average Bonchev–Trinajstić information content (AvgIpc) is 1.66. The molecule has 0 aliphatic carbocycles. The smallest absolute Gasteiger partial charge is 0.115 e. The minimum absolute atomic E-state index is 0.0136. The number of aliphatic hydroxyl groups excluding tert-OH is 2. The first-order valence-electron chi connectivity index (χ1n) is 2.48. The molecule has 0 aromatic rings. The van der Waals surface area contributed by atoms with Crippen LogP contribution >= 0.6 is 0 Å². The van der Waals surface area contributed by atoms with Crippen LogP contribution in [0.1, 0.15) is 6.92 Å². The van der Waals surface area contributed by atoms with E-state index in [9.17, 15) is 0 Å². The predicted octanol–water partition coefficient (Wildman–Crippen LogP) is -1.57. The SMILES string of the molecule is CC(O)N[N]CCO. The summed E-state index contributed by atoms with van der Waals surface area (Å²) in [6.07, 6.45) is -0.624. The molecule has 0 spiro atoms. The van der Waals surface area contributed by atoms with Crippen LogP contribution in [0.4, 0.5) is 0 Å². The van der Waals surface area contributed by atoms with E-state index < -0.39 is 6.23 Å². The third-order valence-corrected chi connectivity index (χ3v) is 0.490. The molecule has 0 saturated heterocycles. The molecule has 0 aromatic heterocycles. The van der Waals surface area contributed by atoms with Crippen LogP contribution in [0.5, 0.6) is 0 Å². The summed E-state index contributed by atoms with van der Waals surface area (Å²) in [5.74, 6) is 0. The van der Waals surface area contributed by atoms with E-state index in [0.717, 1.165) is 0 Å². The monoisotopic (exact) mass is 119 g/mol. The Morgan fingerprint density at radius 3 is 2.75 bits per heavy atom. The second kappa shape index (κ2) is 4.99. The van der Waals surface area contributed by atoms with Crippen molar-refractivity contribution in [2.24, 2.45) is 0 Å². The summed E-state index contributed by atoms with van der Waals surface area (Å²) in [6.45, 7) is 1.89. The van der Waals surface area contributed by atoms with E-state index >= 15 is 0 Å². The number of aliphatic hydroxyl groups is 2. The molecule has 0 heterocycles. The van der Waals surface area contributed by atoms with Crippen LogP contribution < -0.4 is 10.9 Å². The fraction of sp³-hybridized carbons (Fsp3) is 1.00. The molecule has 1 radical (unpaired) electrons. The summed E-state index contributed by atoms with van der Waals surface area (Å²) in [5, 5.41) is 16.7. The molecule has 1 atom stereocenters. The van der Waals surface area contributed by atoms with Gasteiger partial charge in [0.05, 0.1) is 13.2 Å². The molecule has 4 nitrogen and oxygen atoms in total. The van der Waals surface area contributed by atoms with Crippen molar-refractivity contribution in [2.45, 2.75) is 13.2 Å². The van der Waals surface area contributed by atoms with E-state index in [0.29, 0.717) is 6.54 Å². The maximum Gasteiger partial charge on any atom is 0.115 e. The highest BCUT2D eigenvalue weighted by Crippen LogP contribution is 1.64. The molecule has 0 saturated carbocycles. The van der Waals surface area contributed by atoms with Crippen molar-refractivity contribution in [1.29, 1.82) is 0 Å². The van der Waals surface area contributed by atoms with Crippen LogP contribution in [0.15, 0.2) is 0 Å². The van der Waals surface area contributed by atoms with Gasteiger partial charge in [-0.1, -0.05) is 0 Å². The van der Waals surface area contributed by atoms with Gasteiger partial charge in [0.2, 0.25) is 0 Å². The summed E-state index contributed by atoms with van der Waals surface area (Å²) < 4.78 is 0. The summed E-state index contributed by atoms with van der Waals surface area (Å²) in [4.78, 5) is 0. The molecule has 0 aliphatic rings. The second-order valence-electron chi connectivity index (χ2n) is 1.41. The van der Waals surface area contributed by atoms with Crippen molar-refractivity contribution >= 4 is 0 Å². The van der Waals surface area contributed by atoms with Gasteiger partial charge in [-0.3, -0.25) is 0 Å². The second-order valence-corrected chi connectivity index (χ2v) is 1.41. The summed E-state index contributed by atoms with van der Waals surface area (Å²) in [6, 6.07) is 0. The Hall–Kier alpha value is -0.160. The lowest BCUT2D eigenvalue weighted by atomic mass is 10.7. The summed E-state index contributed by atoms with van der Waals surface area (Å²) in [5.41, 5.74) is 5.91. The van der Waals surface area contributed by atoms with Crippen molar-refractivity contribution in [3.05, 3.63) is 0 Å². The fourth-order valence-corrected chi connectivity index (χ4v) is 0.247. The van der Waals surface area contributed by atoms with Crippen molar-refractivity contribution in [3.8, 4) is 0 Å². The number of hydrogen-bond acceptors (Lipinski definition) is 3. The van der Waals surface area contributed by atoms with Gasteiger partial charge in [-0.2, -0.15) is 5.43 Å². The molecule has 8 heavy (non-hydrogen) atoms. The quantitative estimate of drug-likeness (QED) is 0.238. The number of nitrogens with zero attached hydrogens (tertiary/aromatic N) is 1. The summed E-state index contributed by atoms with van der Waals surface area (Å²) >= 11 is 0. The lowest BCUT2D eigenvalue weighted by Crippen LogP contribution is -2.34. The van der Waals surface area contributed by atoms with Crippen molar-refractivity contribution in [2.75, 3.05) is 13.2 Å². The van der Waals surface area contributed by atoms with Crippen LogP contribution in [-0.4, -0.2) is 29.6 Å². The van der Waals surface area contributed by atoms with Gasteiger partial charge >= 0.3 is 0 Å². The van der Waals surface area contributed by atoms with Crippen molar-refractivity contribution in [3.63, 3.8) is 0 Å². The summed E-state index contributed by atoms with van der Waals surface area (Å²) in [7, 11) is 0. The third kappa shape index (κ3) is 5.84. The van der Waals surface area contributed by atoms with Crippen molar-refractivity contribution < 1.29 is 10.2 Å². The Kier molecular flexibility index (Phi) is 4.89. The number of nitrogens with one attached hydrogen (secondary N) is 1.